The Morgan fingerprint density at radius 1 is 1.21 bits per heavy atom. The molecule has 1 aliphatic rings. The predicted octanol–water partition coefficient (Wildman–Crippen LogP) is 1.09. The van der Waals surface area contributed by atoms with Crippen molar-refractivity contribution in [3.63, 3.8) is 0 Å². The number of carboxylic acid groups (broad SMARTS) is 1. The molecule has 3 unspecified atom stereocenters. The number of hydrogen-bond donors (Lipinski definition) is 4. The van der Waals surface area contributed by atoms with Gasteiger partial charge in [-0.15, -0.1) is 0 Å². The van der Waals surface area contributed by atoms with Crippen LogP contribution >= 0.6 is 0 Å². The number of carbonyl (C=O) groups is 2. The van der Waals surface area contributed by atoms with Crippen LogP contribution in [0.15, 0.2) is 0 Å². The zero-order valence-electron chi connectivity index (χ0n) is 11.8. The molecule has 0 aromatic heterocycles. The molecular formula is C13H24N2O4. The van der Waals surface area contributed by atoms with Gasteiger partial charge in [-0.25, -0.2) is 9.59 Å². The molecule has 0 aliphatic heterocycles. The van der Waals surface area contributed by atoms with Gasteiger partial charge in [0.05, 0.1) is 12.1 Å². The van der Waals surface area contributed by atoms with Gasteiger partial charge in [0.15, 0.2) is 0 Å². The number of aliphatic carboxylic acids is 1. The molecule has 2 amide bonds. The minimum atomic E-state index is -1.06. The van der Waals surface area contributed by atoms with Gasteiger partial charge in [-0.3, -0.25) is 0 Å². The van der Waals surface area contributed by atoms with E-state index in [0.717, 1.165) is 19.3 Å². The SMILES string of the molecule is CC(C)(C)C(NC(=O)NC1CCCCC1O)C(=O)O. The van der Waals surface area contributed by atoms with Crippen LogP contribution in [0.4, 0.5) is 4.79 Å². The summed E-state index contributed by atoms with van der Waals surface area (Å²) in [7, 11) is 0. The molecule has 4 N–H and O–H groups in total. The molecule has 6 heteroatoms. The summed E-state index contributed by atoms with van der Waals surface area (Å²) in [6, 6.07) is -1.79. The Hall–Kier alpha value is -1.30. The Bertz CT molecular complexity index is 338. The van der Waals surface area contributed by atoms with Gasteiger partial charge in [0.1, 0.15) is 6.04 Å². The number of amides is 2. The second-order valence-electron chi connectivity index (χ2n) is 6.21. The van der Waals surface area contributed by atoms with E-state index in [0.29, 0.717) is 6.42 Å². The van der Waals surface area contributed by atoms with Crippen LogP contribution < -0.4 is 10.6 Å². The lowest BCUT2D eigenvalue weighted by atomic mass is 9.87. The maximum Gasteiger partial charge on any atom is 0.326 e. The van der Waals surface area contributed by atoms with Gasteiger partial charge in [-0.05, 0) is 18.3 Å². The van der Waals surface area contributed by atoms with Crippen molar-refractivity contribution in [3.8, 4) is 0 Å². The third-order valence-corrected chi connectivity index (χ3v) is 3.43. The van der Waals surface area contributed by atoms with Crippen molar-refractivity contribution in [2.45, 2.75) is 64.6 Å². The maximum absolute atomic E-state index is 11.8. The van der Waals surface area contributed by atoms with Gasteiger partial charge in [0, 0.05) is 0 Å². The van der Waals surface area contributed by atoms with Crippen molar-refractivity contribution in [2.75, 3.05) is 0 Å². The van der Waals surface area contributed by atoms with Crippen LogP contribution in [0.25, 0.3) is 0 Å². The Labute approximate surface area is 113 Å². The van der Waals surface area contributed by atoms with Crippen molar-refractivity contribution in [1.82, 2.24) is 10.6 Å². The fourth-order valence-corrected chi connectivity index (χ4v) is 2.27. The number of aliphatic hydroxyl groups is 1. The molecular weight excluding hydrogens is 248 g/mol. The quantitative estimate of drug-likeness (QED) is 0.618. The highest BCUT2D eigenvalue weighted by molar-refractivity contribution is 5.83. The van der Waals surface area contributed by atoms with Crippen molar-refractivity contribution >= 4 is 12.0 Å². The Kier molecular flexibility index (Phi) is 5.17. The number of hydrogen-bond acceptors (Lipinski definition) is 3. The Balaban J connectivity index is 2.55. The summed E-state index contributed by atoms with van der Waals surface area (Å²) in [5, 5.41) is 24.0. The highest BCUT2D eigenvalue weighted by Gasteiger charge is 2.33. The van der Waals surface area contributed by atoms with E-state index in [4.69, 9.17) is 5.11 Å². The molecule has 0 spiro atoms. The molecule has 0 bridgehead atoms. The lowest BCUT2D eigenvalue weighted by molar-refractivity contribution is -0.141. The van der Waals surface area contributed by atoms with Crippen molar-refractivity contribution in [2.24, 2.45) is 5.41 Å². The summed E-state index contributed by atoms with van der Waals surface area (Å²) >= 11 is 0. The van der Waals surface area contributed by atoms with Gasteiger partial charge >= 0.3 is 12.0 Å². The molecule has 1 aliphatic carbocycles. The summed E-state index contributed by atoms with van der Waals surface area (Å²) < 4.78 is 0. The van der Waals surface area contributed by atoms with E-state index in [1.807, 2.05) is 0 Å². The smallest absolute Gasteiger partial charge is 0.326 e. The highest BCUT2D eigenvalue weighted by atomic mass is 16.4. The number of carbonyl (C=O) groups excluding carboxylic acids is 1. The van der Waals surface area contributed by atoms with Gasteiger partial charge in [0.2, 0.25) is 0 Å². The van der Waals surface area contributed by atoms with Crippen LogP contribution in [0.3, 0.4) is 0 Å². The highest BCUT2D eigenvalue weighted by Crippen LogP contribution is 2.20. The fraction of sp³-hybridized carbons (Fsp3) is 0.846. The molecule has 1 saturated carbocycles. The molecule has 1 rings (SSSR count). The minimum Gasteiger partial charge on any atom is -0.480 e. The summed E-state index contributed by atoms with van der Waals surface area (Å²) in [5.74, 6) is -1.06. The zero-order valence-corrected chi connectivity index (χ0v) is 11.8. The molecule has 0 aromatic carbocycles. The van der Waals surface area contributed by atoms with Crippen molar-refractivity contribution in [1.29, 1.82) is 0 Å². The van der Waals surface area contributed by atoms with Crippen LogP contribution in [0.2, 0.25) is 0 Å². The standard InChI is InChI=1S/C13H24N2O4/c1-13(2,3)10(11(17)18)15-12(19)14-8-6-4-5-7-9(8)16/h8-10,16H,4-7H2,1-3H3,(H,17,18)(H2,14,15,19). The minimum absolute atomic E-state index is 0.289. The van der Waals surface area contributed by atoms with Crippen molar-refractivity contribution in [3.05, 3.63) is 0 Å². The molecule has 0 radical (unpaired) electrons. The topological polar surface area (TPSA) is 98.7 Å². The van der Waals surface area contributed by atoms with E-state index in [1.165, 1.54) is 0 Å². The van der Waals surface area contributed by atoms with Gasteiger partial charge in [-0.1, -0.05) is 33.6 Å². The lowest BCUT2D eigenvalue weighted by Gasteiger charge is -2.31. The monoisotopic (exact) mass is 272 g/mol. The largest absolute Gasteiger partial charge is 0.480 e. The van der Waals surface area contributed by atoms with Crippen LogP contribution in [-0.4, -0.2) is 40.4 Å². The number of carboxylic acids is 1. The molecule has 110 valence electrons. The Morgan fingerprint density at radius 3 is 2.26 bits per heavy atom. The van der Waals surface area contributed by atoms with Crippen LogP contribution in [0, 0.1) is 5.41 Å². The number of urea groups is 1. The summed E-state index contributed by atoms with van der Waals surface area (Å²) in [5.41, 5.74) is -0.575. The average Bonchev–Trinajstić information content (AvgIpc) is 2.27. The average molecular weight is 272 g/mol. The van der Waals surface area contributed by atoms with E-state index in [1.54, 1.807) is 20.8 Å². The van der Waals surface area contributed by atoms with Crippen LogP contribution in [0.1, 0.15) is 46.5 Å². The lowest BCUT2D eigenvalue weighted by Crippen LogP contribution is -2.56. The number of rotatable bonds is 3. The van der Waals surface area contributed by atoms with Crippen molar-refractivity contribution < 1.29 is 19.8 Å². The Morgan fingerprint density at radius 2 is 1.79 bits per heavy atom. The first-order valence-electron chi connectivity index (χ1n) is 6.69. The molecule has 3 atom stereocenters. The second kappa shape index (κ2) is 6.23. The molecule has 1 fully saturated rings. The van der Waals surface area contributed by atoms with Gasteiger partial charge in [0.25, 0.3) is 0 Å². The third kappa shape index (κ3) is 4.70. The first-order valence-corrected chi connectivity index (χ1v) is 6.69. The van der Waals surface area contributed by atoms with E-state index in [2.05, 4.69) is 10.6 Å². The first-order chi connectivity index (χ1) is 8.71. The molecule has 19 heavy (non-hydrogen) atoms. The van der Waals surface area contributed by atoms with Crippen LogP contribution in [-0.2, 0) is 4.79 Å². The van der Waals surface area contributed by atoms with E-state index < -0.39 is 29.6 Å². The molecule has 0 saturated heterocycles. The second-order valence-corrected chi connectivity index (χ2v) is 6.21. The first kappa shape index (κ1) is 15.8. The third-order valence-electron chi connectivity index (χ3n) is 3.43. The zero-order chi connectivity index (χ0) is 14.6. The summed E-state index contributed by atoms with van der Waals surface area (Å²) in [6.45, 7) is 5.25. The number of aliphatic hydroxyl groups excluding tert-OH is 1. The van der Waals surface area contributed by atoms with E-state index in [-0.39, 0.29) is 6.04 Å². The van der Waals surface area contributed by atoms with Crippen LogP contribution in [0.5, 0.6) is 0 Å². The van der Waals surface area contributed by atoms with E-state index in [9.17, 15) is 14.7 Å². The van der Waals surface area contributed by atoms with E-state index >= 15 is 0 Å². The molecule has 6 nitrogen and oxygen atoms in total. The fourth-order valence-electron chi connectivity index (χ4n) is 2.27. The normalized spacial score (nSPS) is 25.5. The molecule has 0 heterocycles. The van der Waals surface area contributed by atoms with Gasteiger partial charge < -0.3 is 20.8 Å². The summed E-state index contributed by atoms with van der Waals surface area (Å²) in [6.07, 6.45) is 2.77. The number of nitrogens with one attached hydrogen (secondary N) is 2. The van der Waals surface area contributed by atoms with Gasteiger partial charge in [-0.2, -0.15) is 0 Å². The molecule has 0 aromatic rings. The summed E-state index contributed by atoms with van der Waals surface area (Å²) in [4.78, 5) is 23.0. The maximum atomic E-state index is 11.8. The predicted molar refractivity (Wildman–Crippen MR) is 70.8 cm³/mol.